The van der Waals surface area contributed by atoms with Gasteiger partial charge in [0.1, 0.15) is 5.82 Å². The van der Waals surface area contributed by atoms with Crippen LogP contribution in [0.25, 0.3) is 0 Å². The van der Waals surface area contributed by atoms with Crippen LogP contribution in [0, 0.1) is 5.82 Å². The van der Waals surface area contributed by atoms with Crippen molar-refractivity contribution in [2.45, 2.75) is 19.4 Å². The highest BCUT2D eigenvalue weighted by Gasteiger charge is 2.13. The van der Waals surface area contributed by atoms with Crippen molar-refractivity contribution in [3.63, 3.8) is 0 Å². The Labute approximate surface area is 146 Å². The Morgan fingerprint density at radius 1 is 1.14 bits per heavy atom. The summed E-state index contributed by atoms with van der Waals surface area (Å²) in [4.78, 5) is 0. The zero-order valence-electron chi connectivity index (χ0n) is 11.5. The first-order chi connectivity index (χ1) is 9.99. The van der Waals surface area contributed by atoms with Crippen LogP contribution in [0.2, 0.25) is 5.02 Å². The number of benzene rings is 2. The molecule has 0 fully saturated rings. The van der Waals surface area contributed by atoms with E-state index in [4.69, 9.17) is 11.6 Å². The molecule has 2 aromatic carbocycles. The molecular weight excluding hydrogens is 420 g/mol. The summed E-state index contributed by atoms with van der Waals surface area (Å²) in [5.41, 5.74) is 2.06. The topological polar surface area (TPSA) is 12.0 Å². The molecule has 1 nitrogen and oxygen atoms in total. The van der Waals surface area contributed by atoms with Crippen LogP contribution in [-0.4, -0.2) is 6.54 Å². The van der Waals surface area contributed by atoms with Crippen LogP contribution in [0.15, 0.2) is 45.3 Å². The fourth-order valence-corrected chi connectivity index (χ4v) is 3.68. The molecule has 0 aliphatic carbocycles. The van der Waals surface area contributed by atoms with E-state index in [1.54, 1.807) is 6.07 Å². The van der Waals surface area contributed by atoms with Gasteiger partial charge in [-0.05, 0) is 54.4 Å². The Balaban J connectivity index is 2.27. The molecule has 0 bridgehead atoms. The normalized spacial score (nSPS) is 12.4. The van der Waals surface area contributed by atoms with Gasteiger partial charge in [-0.2, -0.15) is 0 Å². The fraction of sp³-hybridized carbons (Fsp3) is 0.250. The van der Waals surface area contributed by atoms with Crippen molar-refractivity contribution in [1.29, 1.82) is 0 Å². The lowest BCUT2D eigenvalue weighted by atomic mass is 9.99. The molecule has 5 heteroatoms. The molecule has 21 heavy (non-hydrogen) atoms. The Morgan fingerprint density at radius 2 is 1.81 bits per heavy atom. The summed E-state index contributed by atoms with van der Waals surface area (Å²) in [6, 6.07) is 11.2. The number of halogens is 4. The largest absolute Gasteiger partial charge is 0.310 e. The second-order valence-corrected chi connectivity index (χ2v) is 7.00. The van der Waals surface area contributed by atoms with E-state index in [-0.39, 0.29) is 16.9 Å². The van der Waals surface area contributed by atoms with Crippen LogP contribution in [0.1, 0.15) is 24.1 Å². The van der Waals surface area contributed by atoms with Gasteiger partial charge in [0.2, 0.25) is 0 Å². The summed E-state index contributed by atoms with van der Waals surface area (Å²) in [5, 5.41) is 3.60. The second kappa shape index (κ2) is 7.73. The number of nitrogens with one attached hydrogen (secondary N) is 1. The molecule has 0 aromatic heterocycles. The molecule has 0 aliphatic rings. The molecule has 1 N–H and O–H groups in total. The molecule has 1 unspecified atom stereocenters. The van der Waals surface area contributed by atoms with Crippen molar-refractivity contribution in [2.24, 2.45) is 0 Å². The second-order valence-electron chi connectivity index (χ2n) is 4.77. The van der Waals surface area contributed by atoms with Gasteiger partial charge in [-0.15, -0.1) is 0 Å². The minimum absolute atomic E-state index is 0.115. The van der Waals surface area contributed by atoms with Gasteiger partial charge in [0.15, 0.2) is 0 Å². The average molecular weight is 436 g/mol. The maximum atomic E-state index is 13.6. The van der Waals surface area contributed by atoms with E-state index in [1.165, 1.54) is 6.07 Å². The zero-order chi connectivity index (χ0) is 15.4. The third-order valence-electron chi connectivity index (χ3n) is 3.16. The van der Waals surface area contributed by atoms with Crippen LogP contribution in [0.5, 0.6) is 0 Å². The summed E-state index contributed by atoms with van der Waals surface area (Å²) in [6.45, 7) is 2.90. The Kier molecular flexibility index (Phi) is 6.23. The van der Waals surface area contributed by atoms with Crippen LogP contribution < -0.4 is 5.32 Å². The minimum Gasteiger partial charge on any atom is -0.310 e. The van der Waals surface area contributed by atoms with Crippen molar-refractivity contribution < 1.29 is 4.39 Å². The van der Waals surface area contributed by atoms with Crippen LogP contribution >= 0.6 is 43.5 Å². The van der Waals surface area contributed by atoms with Gasteiger partial charge in [0, 0.05) is 15.0 Å². The van der Waals surface area contributed by atoms with Crippen LogP contribution in [-0.2, 0) is 6.42 Å². The van der Waals surface area contributed by atoms with Crippen LogP contribution in [0.3, 0.4) is 0 Å². The zero-order valence-corrected chi connectivity index (χ0v) is 15.4. The molecule has 0 aliphatic heterocycles. The van der Waals surface area contributed by atoms with Gasteiger partial charge < -0.3 is 5.32 Å². The van der Waals surface area contributed by atoms with Crippen molar-refractivity contribution in [3.8, 4) is 0 Å². The molecule has 1 atom stereocenters. The van der Waals surface area contributed by atoms with Gasteiger partial charge in [0.05, 0.1) is 5.02 Å². The number of hydrogen-bond acceptors (Lipinski definition) is 1. The van der Waals surface area contributed by atoms with Crippen LogP contribution in [0.4, 0.5) is 4.39 Å². The van der Waals surface area contributed by atoms with Crippen molar-refractivity contribution in [2.75, 3.05) is 6.54 Å². The Bertz CT molecular complexity index is 613. The van der Waals surface area contributed by atoms with E-state index in [9.17, 15) is 4.39 Å². The highest BCUT2D eigenvalue weighted by Crippen LogP contribution is 2.27. The van der Waals surface area contributed by atoms with E-state index in [0.29, 0.717) is 6.42 Å². The number of hydrogen-bond donors (Lipinski definition) is 1. The molecule has 112 valence electrons. The lowest BCUT2D eigenvalue weighted by Gasteiger charge is -2.19. The molecule has 0 heterocycles. The molecule has 2 aromatic rings. The molecular formula is C16H15Br2ClFN. The highest BCUT2D eigenvalue weighted by atomic mass is 79.9. The third kappa shape index (κ3) is 4.78. The van der Waals surface area contributed by atoms with Gasteiger partial charge in [-0.1, -0.05) is 56.5 Å². The van der Waals surface area contributed by atoms with E-state index < -0.39 is 0 Å². The summed E-state index contributed by atoms with van der Waals surface area (Å²) >= 11 is 12.7. The molecule has 0 amide bonds. The fourth-order valence-electron chi connectivity index (χ4n) is 2.23. The Morgan fingerprint density at radius 3 is 2.38 bits per heavy atom. The van der Waals surface area contributed by atoms with Gasteiger partial charge in [-0.25, -0.2) is 4.39 Å². The monoisotopic (exact) mass is 433 g/mol. The Hall–Kier alpha value is -0.420. The number of likely N-dealkylation sites (N-methyl/N-ethyl adjacent to an activating group) is 1. The molecule has 0 saturated heterocycles. The SMILES string of the molecule is CCNC(Cc1ccc(Cl)c(F)c1)c1cc(Br)cc(Br)c1. The maximum Gasteiger partial charge on any atom is 0.142 e. The molecule has 0 radical (unpaired) electrons. The van der Waals surface area contributed by atoms with Gasteiger partial charge in [0.25, 0.3) is 0 Å². The van der Waals surface area contributed by atoms with E-state index >= 15 is 0 Å². The summed E-state index contributed by atoms with van der Waals surface area (Å²) < 4.78 is 15.6. The first kappa shape index (κ1) is 16.9. The summed E-state index contributed by atoms with van der Waals surface area (Å²) in [6.07, 6.45) is 0.699. The molecule has 0 spiro atoms. The highest BCUT2D eigenvalue weighted by molar-refractivity contribution is 9.11. The van der Waals surface area contributed by atoms with E-state index in [0.717, 1.165) is 26.6 Å². The van der Waals surface area contributed by atoms with Crippen molar-refractivity contribution in [3.05, 3.63) is 67.3 Å². The van der Waals surface area contributed by atoms with Crippen molar-refractivity contribution in [1.82, 2.24) is 5.32 Å². The average Bonchev–Trinajstić information content (AvgIpc) is 2.41. The molecule has 2 rings (SSSR count). The standard InChI is InChI=1S/C16H15Br2ClFN/c1-2-21-16(11-7-12(17)9-13(18)8-11)6-10-3-4-14(19)15(20)5-10/h3-5,7-9,16,21H,2,6H2,1H3. The van der Waals surface area contributed by atoms with Gasteiger partial charge >= 0.3 is 0 Å². The van der Waals surface area contributed by atoms with Crippen molar-refractivity contribution >= 4 is 43.5 Å². The molecule has 0 saturated carbocycles. The first-order valence-electron chi connectivity index (χ1n) is 6.63. The maximum absolute atomic E-state index is 13.6. The first-order valence-corrected chi connectivity index (χ1v) is 8.59. The summed E-state index contributed by atoms with van der Waals surface area (Å²) in [5.74, 6) is -0.375. The predicted molar refractivity (Wildman–Crippen MR) is 93.4 cm³/mol. The lowest BCUT2D eigenvalue weighted by Crippen LogP contribution is -2.23. The quantitative estimate of drug-likeness (QED) is 0.617. The van der Waals surface area contributed by atoms with Gasteiger partial charge in [-0.3, -0.25) is 0 Å². The summed E-state index contributed by atoms with van der Waals surface area (Å²) in [7, 11) is 0. The smallest absolute Gasteiger partial charge is 0.142 e. The van der Waals surface area contributed by atoms with E-state index in [2.05, 4.69) is 56.2 Å². The van der Waals surface area contributed by atoms with E-state index in [1.807, 2.05) is 12.1 Å². The minimum atomic E-state index is -0.375. The predicted octanol–water partition coefficient (Wildman–Crippen LogP) is 5.90. The third-order valence-corrected chi connectivity index (χ3v) is 4.38. The lowest BCUT2D eigenvalue weighted by molar-refractivity contribution is 0.546. The number of rotatable bonds is 5.